The molecule has 1 aliphatic heterocycles. The summed E-state index contributed by atoms with van der Waals surface area (Å²) in [5.41, 5.74) is 3.78. The summed E-state index contributed by atoms with van der Waals surface area (Å²) in [4.78, 5) is 17.0. The molecule has 4 heteroatoms. The first-order valence-electron chi connectivity index (χ1n) is 8.41. The summed E-state index contributed by atoms with van der Waals surface area (Å²) in [6.45, 7) is 6.64. The van der Waals surface area contributed by atoms with Gasteiger partial charge in [0.1, 0.15) is 0 Å². The zero-order valence-electron chi connectivity index (χ0n) is 14.0. The third-order valence-electron chi connectivity index (χ3n) is 4.68. The third kappa shape index (κ3) is 4.25. The summed E-state index contributed by atoms with van der Waals surface area (Å²) < 4.78 is 1.01. The number of benzene rings is 2. The van der Waals surface area contributed by atoms with E-state index < -0.39 is 0 Å². The second kappa shape index (κ2) is 7.95. The van der Waals surface area contributed by atoms with Gasteiger partial charge in [-0.15, -0.1) is 0 Å². The van der Waals surface area contributed by atoms with Crippen LogP contribution in [0.4, 0.5) is 0 Å². The number of nitrogens with zero attached hydrogens (tertiary/aromatic N) is 2. The molecule has 1 heterocycles. The molecule has 0 spiro atoms. The lowest BCUT2D eigenvalue weighted by Gasteiger charge is -2.35. The van der Waals surface area contributed by atoms with Crippen LogP contribution >= 0.6 is 15.9 Å². The first-order chi connectivity index (χ1) is 11.6. The van der Waals surface area contributed by atoms with E-state index in [-0.39, 0.29) is 5.91 Å². The van der Waals surface area contributed by atoms with Gasteiger partial charge in [0.2, 0.25) is 5.91 Å². The van der Waals surface area contributed by atoms with Crippen molar-refractivity contribution >= 4 is 21.8 Å². The van der Waals surface area contributed by atoms with Crippen LogP contribution in [-0.4, -0.2) is 41.9 Å². The highest BCUT2D eigenvalue weighted by Gasteiger charge is 2.21. The van der Waals surface area contributed by atoms with Crippen molar-refractivity contribution in [2.24, 2.45) is 0 Å². The van der Waals surface area contributed by atoms with Crippen LogP contribution in [0.15, 0.2) is 53.0 Å². The van der Waals surface area contributed by atoms with Crippen molar-refractivity contribution in [2.75, 3.05) is 26.2 Å². The van der Waals surface area contributed by atoms with Crippen molar-refractivity contribution in [1.29, 1.82) is 0 Å². The maximum Gasteiger partial charge on any atom is 0.227 e. The Morgan fingerprint density at radius 2 is 1.58 bits per heavy atom. The first kappa shape index (κ1) is 17.2. The minimum absolute atomic E-state index is 0.220. The fourth-order valence-electron chi connectivity index (χ4n) is 3.10. The summed E-state index contributed by atoms with van der Waals surface area (Å²) in [7, 11) is 0. The van der Waals surface area contributed by atoms with E-state index in [0.717, 1.165) is 42.8 Å². The largest absolute Gasteiger partial charge is 0.340 e. The predicted molar refractivity (Wildman–Crippen MR) is 101 cm³/mol. The fraction of sp³-hybridized carbons (Fsp3) is 0.350. The van der Waals surface area contributed by atoms with E-state index in [0.29, 0.717) is 6.42 Å². The highest BCUT2D eigenvalue weighted by molar-refractivity contribution is 9.10. The number of carbonyl (C=O) groups is 1. The minimum Gasteiger partial charge on any atom is -0.340 e. The summed E-state index contributed by atoms with van der Waals surface area (Å²) >= 11 is 3.52. The van der Waals surface area contributed by atoms with Crippen molar-refractivity contribution < 1.29 is 4.79 Å². The Balaban J connectivity index is 1.52. The van der Waals surface area contributed by atoms with Crippen LogP contribution in [0.1, 0.15) is 16.7 Å². The molecule has 0 saturated carbocycles. The van der Waals surface area contributed by atoms with Crippen molar-refractivity contribution in [1.82, 2.24) is 9.80 Å². The van der Waals surface area contributed by atoms with Crippen LogP contribution in [0.2, 0.25) is 0 Å². The number of hydrogen-bond acceptors (Lipinski definition) is 2. The molecule has 2 aromatic rings. The standard InChI is InChI=1S/C20H23BrN2O/c1-16-6-2-3-8-18(16)15-22-10-12-23(13-11-22)20(24)14-17-7-4-5-9-19(17)21/h2-9H,10-15H2,1H3. The summed E-state index contributed by atoms with van der Waals surface area (Å²) in [6.07, 6.45) is 0.471. The van der Waals surface area contributed by atoms with Crippen LogP contribution in [0.3, 0.4) is 0 Å². The zero-order valence-corrected chi connectivity index (χ0v) is 15.6. The lowest BCUT2D eigenvalue weighted by molar-refractivity contribution is -0.132. The summed E-state index contributed by atoms with van der Waals surface area (Å²) in [5, 5.41) is 0. The molecular weight excluding hydrogens is 364 g/mol. The van der Waals surface area contributed by atoms with Gasteiger partial charge in [-0.25, -0.2) is 0 Å². The third-order valence-corrected chi connectivity index (χ3v) is 5.45. The zero-order chi connectivity index (χ0) is 16.9. The lowest BCUT2D eigenvalue weighted by Crippen LogP contribution is -2.48. The Hall–Kier alpha value is -1.65. The van der Waals surface area contributed by atoms with Crippen LogP contribution in [0.25, 0.3) is 0 Å². The summed E-state index contributed by atoms with van der Waals surface area (Å²) in [5.74, 6) is 0.220. The Bertz CT molecular complexity index is 708. The SMILES string of the molecule is Cc1ccccc1CN1CCN(C(=O)Cc2ccccc2Br)CC1. The number of aryl methyl sites for hydroxylation is 1. The van der Waals surface area contributed by atoms with Gasteiger partial charge in [-0.1, -0.05) is 58.4 Å². The maximum absolute atomic E-state index is 12.5. The molecule has 1 amide bonds. The normalized spacial score (nSPS) is 15.5. The van der Waals surface area contributed by atoms with Crippen molar-refractivity contribution in [2.45, 2.75) is 19.9 Å². The van der Waals surface area contributed by atoms with E-state index in [1.165, 1.54) is 11.1 Å². The van der Waals surface area contributed by atoms with Crippen LogP contribution in [0, 0.1) is 6.92 Å². The smallest absolute Gasteiger partial charge is 0.227 e. The molecule has 3 rings (SSSR count). The van der Waals surface area contributed by atoms with Gasteiger partial charge in [-0.3, -0.25) is 9.69 Å². The second-order valence-electron chi connectivity index (χ2n) is 6.35. The Morgan fingerprint density at radius 1 is 0.958 bits per heavy atom. The number of carbonyl (C=O) groups excluding carboxylic acids is 1. The predicted octanol–water partition coefficient (Wildman–Crippen LogP) is 3.64. The van der Waals surface area contributed by atoms with Gasteiger partial charge in [-0.05, 0) is 29.7 Å². The molecule has 0 bridgehead atoms. The summed E-state index contributed by atoms with van der Waals surface area (Å²) in [6, 6.07) is 16.5. The van der Waals surface area contributed by atoms with Gasteiger partial charge in [0.25, 0.3) is 0 Å². The van der Waals surface area contributed by atoms with Crippen LogP contribution < -0.4 is 0 Å². The Labute approximate surface area is 152 Å². The van der Waals surface area contributed by atoms with Gasteiger partial charge >= 0.3 is 0 Å². The van der Waals surface area contributed by atoms with Gasteiger partial charge in [0.15, 0.2) is 0 Å². The van der Waals surface area contributed by atoms with E-state index in [1.807, 2.05) is 29.2 Å². The first-order valence-corrected chi connectivity index (χ1v) is 9.21. The van der Waals surface area contributed by atoms with Crippen LogP contribution in [0.5, 0.6) is 0 Å². The number of rotatable bonds is 4. The topological polar surface area (TPSA) is 23.6 Å². The fourth-order valence-corrected chi connectivity index (χ4v) is 3.53. The van der Waals surface area contributed by atoms with E-state index in [4.69, 9.17) is 0 Å². The highest BCUT2D eigenvalue weighted by Crippen LogP contribution is 2.18. The lowest BCUT2D eigenvalue weighted by atomic mass is 10.1. The van der Waals surface area contributed by atoms with Gasteiger partial charge in [0.05, 0.1) is 6.42 Å². The van der Waals surface area contributed by atoms with Gasteiger partial charge in [0, 0.05) is 37.2 Å². The van der Waals surface area contributed by atoms with E-state index in [1.54, 1.807) is 0 Å². The quantitative estimate of drug-likeness (QED) is 0.800. The number of halogens is 1. The molecule has 24 heavy (non-hydrogen) atoms. The number of piperazine rings is 1. The minimum atomic E-state index is 0.220. The Morgan fingerprint density at radius 3 is 2.25 bits per heavy atom. The molecule has 0 unspecified atom stereocenters. The molecule has 2 aromatic carbocycles. The number of hydrogen-bond donors (Lipinski definition) is 0. The van der Waals surface area contributed by atoms with Gasteiger partial charge < -0.3 is 4.90 Å². The maximum atomic E-state index is 12.5. The molecule has 3 nitrogen and oxygen atoms in total. The average molecular weight is 387 g/mol. The van der Waals surface area contributed by atoms with Crippen molar-refractivity contribution in [3.63, 3.8) is 0 Å². The van der Waals surface area contributed by atoms with Crippen molar-refractivity contribution in [3.05, 3.63) is 69.7 Å². The van der Waals surface area contributed by atoms with E-state index >= 15 is 0 Å². The molecule has 0 radical (unpaired) electrons. The molecule has 1 aliphatic rings. The monoisotopic (exact) mass is 386 g/mol. The number of amides is 1. The molecule has 0 aliphatic carbocycles. The van der Waals surface area contributed by atoms with Crippen molar-refractivity contribution in [3.8, 4) is 0 Å². The second-order valence-corrected chi connectivity index (χ2v) is 7.21. The molecule has 126 valence electrons. The highest BCUT2D eigenvalue weighted by atomic mass is 79.9. The average Bonchev–Trinajstić information content (AvgIpc) is 2.59. The van der Waals surface area contributed by atoms with Crippen LogP contribution in [-0.2, 0) is 17.8 Å². The molecule has 1 saturated heterocycles. The molecule has 0 atom stereocenters. The molecule has 0 N–H and O–H groups in total. The Kier molecular flexibility index (Phi) is 5.69. The molecule has 1 fully saturated rings. The van der Waals surface area contributed by atoms with Gasteiger partial charge in [-0.2, -0.15) is 0 Å². The van der Waals surface area contributed by atoms with E-state index in [9.17, 15) is 4.79 Å². The molecule has 0 aromatic heterocycles. The molecular formula is C20H23BrN2O. The van der Waals surface area contributed by atoms with E-state index in [2.05, 4.69) is 52.0 Å².